The van der Waals surface area contributed by atoms with E-state index in [0.29, 0.717) is 5.92 Å². The zero-order valence-corrected chi connectivity index (χ0v) is 8.64. The molecule has 0 amide bonds. The van der Waals surface area contributed by atoms with Crippen LogP contribution in [-0.2, 0) is 0 Å². The second-order valence-electron chi connectivity index (χ2n) is 3.55. The first-order chi connectivity index (χ1) is 5.66. The molecule has 0 aromatic carbocycles. The molecule has 0 atom stereocenters. The third-order valence-corrected chi connectivity index (χ3v) is 1.72. The van der Waals surface area contributed by atoms with Crippen LogP contribution in [0, 0.1) is 12.8 Å². The Kier molecular flexibility index (Phi) is 6.84. The fraction of sp³-hybridized carbons (Fsp3) is 0.583. The molecule has 0 bridgehead atoms. The normalized spacial score (nSPS) is 13.2. The molecule has 0 N–H and O–H groups in total. The quantitative estimate of drug-likeness (QED) is 0.537. The summed E-state index contributed by atoms with van der Waals surface area (Å²) in [7, 11) is 0. The van der Waals surface area contributed by atoms with Gasteiger partial charge in [0.05, 0.1) is 0 Å². The first-order valence-electron chi connectivity index (χ1n) is 4.78. The summed E-state index contributed by atoms with van der Waals surface area (Å²) in [5, 5.41) is 0. The van der Waals surface area contributed by atoms with Gasteiger partial charge in [-0.05, 0) is 39.0 Å². The molecule has 0 aromatic heterocycles. The van der Waals surface area contributed by atoms with Crippen LogP contribution in [0.2, 0.25) is 0 Å². The highest BCUT2D eigenvalue weighted by Crippen LogP contribution is 2.06. The first-order valence-corrected chi connectivity index (χ1v) is 4.78. The summed E-state index contributed by atoms with van der Waals surface area (Å²) in [6, 6.07) is 0. The molecule has 0 aliphatic carbocycles. The Morgan fingerprint density at radius 1 is 1.42 bits per heavy atom. The summed E-state index contributed by atoms with van der Waals surface area (Å²) in [4.78, 5) is 0. The fourth-order valence-corrected chi connectivity index (χ4v) is 1.03. The Morgan fingerprint density at radius 2 is 2.08 bits per heavy atom. The van der Waals surface area contributed by atoms with Gasteiger partial charge in [0, 0.05) is 0 Å². The molecule has 0 aromatic rings. The van der Waals surface area contributed by atoms with Gasteiger partial charge in [-0.15, -0.1) is 0 Å². The lowest BCUT2D eigenvalue weighted by atomic mass is 10.1. The van der Waals surface area contributed by atoms with Gasteiger partial charge in [-0.1, -0.05) is 37.6 Å². The molecule has 0 heteroatoms. The van der Waals surface area contributed by atoms with Gasteiger partial charge in [0.2, 0.25) is 0 Å². The van der Waals surface area contributed by atoms with Crippen molar-refractivity contribution in [2.75, 3.05) is 0 Å². The molecule has 0 nitrogen and oxygen atoms in total. The monoisotopic (exact) mass is 165 g/mol. The van der Waals surface area contributed by atoms with Crippen LogP contribution < -0.4 is 0 Å². The van der Waals surface area contributed by atoms with E-state index in [1.165, 1.54) is 18.4 Å². The maximum Gasteiger partial charge on any atom is -0.0288 e. The summed E-state index contributed by atoms with van der Waals surface area (Å²) in [6.07, 6.45) is 9.99. The average molecular weight is 165 g/mol. The second kappa shape index (κ2) is 7.15. The highest BCUT2D eigenvalue weighted by atomic mass is 13.9. The molecule has 0 spiro atoms. The van der Waals surface area contributed by atoms with Crippen molar-refractivity contribution in [1.82, 2.24) is 0 Å². The molecule has 0 fully saturated rings. The van der Waals surface area contributed by atoms with Crippen molar-refractivity contribution in [3.05, 3.63) is 30.7 Å². The predicted octanol–water partition coefficient (Wildman–Crippen LogP) is 4.15. The van der Waals surface area contributed by atoms with Gasteiger partial charge in [0.15, 0.2) is 0 Å². The molecule has 0 unspecified atom stereocenters. The zero-order chi connectivity index (χ0) is 9.40. The van der Waals surface area contributed by atoms with Crippen molar-refractivity contribution in [3.63, 3.8) is 0 Å². The zero-order valence-electron chi connectivity index (χ0n) is 8.64. The van der Waals surface area contributed by atoms with Crippen molar-refractivity contribution in [3.8, 4) is 0 Å². The van der Waals surface area contributed by atoms with Crippen LogP contribution in [0.1, 0.15) is 40.0 Å². The standard InChI is InChI=1S/C12H21/c1-5-8-12(4)10-7-6-9-11(2)3/h6,8-9,11H,1,5,7,10H2,2-4H3. The Bertz CT molecular complexity index is 149. The van der Waals surface area contributed by atoms with Gasteiger partial charge < -0.3 is 0 Å². The molecular formula is C12H21. The molecule has 1 radical (unpaired) electrons. The van der Waals surface area contributed by atoms with Crippen LogP contribution in [0.25, 0.3) is 0 Å². The van der Waals surface area contributed by atoms with E-state index in [2.05, 4.69) is 45.9 Å². The molecular weight excluding hydrogens is 144 g/mol. The fourth-order valence-electron chi connectivity index (χ4n) is 1.03. The number of rotatable bonds is 5. The van der Waals surface area contributed by atoms with E-state index in [9.17, 15) is 0 Å². The van der Waals surface area contributed by atoms with Gasteiger partial charge in [-0.25, -0.2) is 0 Å². The van der Waals surface area contributed by atoms with Gasteiger partial charge in [0.1, 0.15) is 0 Å². The van der Waals surface area contributed by atoms with Crippen LogP contribution in [0.5, 0.6) is 0 Å². The number of hydrogen-bond donors (Lipinski definition) is 0. The third-order valence-electron chi connectivity index (χ3n) is 1.72. The number of allylic oxidation sites excluding steroid dienone is 4. The van der Waals surface area contributed by atoms with E-state index in [4.69, 9.17) is 0 Å². The van der Waals surface area contributed by atoms with Gasteiger partial charge in [-0.2, -0.15) is 0 Å². The summed E-state index contributed by atoms with van der Waals surface area (Å²) in [5.41, 5.74) is 1.46. The molecule has 0 aliphatic rings. The lowest BCUT2D eigenvalue weighted by Gasteiger charge is -1.97. The molecule has 0 aliphatic heterocycles. The van der Waals surface area contributed by atoms with Crippen molar-refractivity contribution in [2.45, 2.75) is 40.0 Å². The molecule has 0 heterocycles. The Balaban J connectivity index is 3.49. The van der Waals surface area contributed by atoms with Crippen LogP contribution in [0.3, 0.4) is 0 Å². The summed E-state index contributed by atoms with van der Waals surface area (Å²) in [6.45, 7) is 10.4. The second-order valence-corrected chi connectivity index (χ2v) is 3.55. The van der Waals surface area contributed by atoms with E-state index >= 15 is 0 Å². The van der Waals surface area contributed by atoms with Gasteiger partial charge in [0.25, 0.3) is 0 Å². The molecule has 0 rings (SSSR count). The van der Waals surface area contributed by atoms with Gasteiger partial charge in [-0.3, -0.25) is 0 Å². The minimum atomic E-state index is 0.683. The maximum absolute atomic E-state index is 3.79. The van der Waals surface area contributed by atoms with E-state index in [0.717, 1.165) is 6.42 Å². The highest BCUT2D eigenvalue weighted by molar-refractivity contribution is 5.00. The number of hydrogen-bond acceptors (Lipinski definition) is 0. The Morgan fingerprint density at radius 3 is 2.58 bits per heavy atom. The smallest absolute Gasteiger partial charge is 0.0288 e. The largest absolute Gasteiger partial charge is 0.0880 e. The summed E-state index contributed by atoms with van der Waals surface area (Å²) < 4.78 is 0. The average Bonchev–Trinajstić information content (AvgIpc) is 1.98. The van der Waals surface area contributed by atoms with Crippen molar-refractivity contribution >= 4 is 0 Å². The van der Waals surface area contributed by atoms with Crippen molar-refractivity contribution in [2.24, 2.45) is 5.92 Å². The molecule has 12 heavy (non-hydrogen) atoms. The van der Waals surface area contributed by atoms with Crippen LogP contribution >= 0.6 is 0 Å². The maximum atomic E-state index is 3.79. The lowest BCUT2D eigenvalue weighted by Crippen LogP contribution is -1.79. The van der Waals surface area contributed by atoms with Crippen LogP contribution in [0.15, 0.2) is 23.8 Å². The van der Waals surface area contributed by atoms with E-state index < -0.39 is 0 Å². The van der Waals surface area contributed by atoms with E-state index in [-0.39, 0.29) is 0 Å². The highest BCUT2D eigenvalue weighted by Gasteiger charge is 1.87. The minimum Gasteiger partial charge on any atom is -0.0880 e. The van der Waals surface area contributed by atoms with Crippen LogP contribution in [-0.4, -0.2) is 0 Å². The first kappa shape index (κ1) is 11.5. The third kappa shape index (κ3) is 7.59. The van der Waals surface area contributed by atoms with Crippen LogP contribution in [0.4, 0.5) is 0 Å². The van der Waals surface area contributed by atoms with Crippen molar-refractivity contribution < 1.29 is 0 Å². The molecule has 0 saturated carbocycles. The van der Waals surface area contributed by atoms with Gasteiger partial charge >= 0.3 is 0 Å². The van der Waals surface area contributed by atoms with E-state index in [1.54, 1.807) is 0 Å². The minimum absolute atomic E-state index is 0.683. The Hall–Kier alpha value is -0.520. The lowest BCUT2D eigenvalue weighted by molar-refractivity contribution is 0.820. The SMILES string of the molecule is [CH2]CC=C(C)CCC=CC(C)C. The molecule has 69 valence electrons. The van der Waals surface area contributed by atoms with Crippen molar-refractivity contribution in [1.29, 1.82) is 0 Å². The predicted molar refractivity (Wildman–Crippen MR) is 56.9 cm³/mol. The summed E-state index contributed by atoms with van der Waals surface area (Å²) >= 11 is 0. The topological polar surface area (TPSA) is 0 Å². The Labute approximate surface area is 77.4 Å². The molecule has 0 saturated heterocycles. The summed E-state index contributed by atoms with van der Waals surface area (Å²) in [5.74, 6) is 0.683. The van der Waals surface area contributed by atoms with E-state index in [1.807, 2.05) is 0 Å².